The smallest absolute Gasteiger partial charge is 0.275 e. The molecule has 0 aliphatic heterocycles. The lowest BCUT2D eigenvalue weighted by Gasteiger charge is -2.02. The molecule has 5 heteroatoms. The molecular formula is C16H12N4O. The number of carbonyl (C=O) groups excluding carboxylic acids is 1. The Bertz CT molecular complexity index is 873. The number of pyridine rings is 1. The van der Waals surface area contributed by atoms with Crippen molar-refractivity contribution >= 4 is 17.2 Å². The fourth-order valence-electron chi connectivity index (χ4n) is 2.12. The monoisotopic (exact) mass is 276 g/mol. The normalized spacial score (nSPS) is 10.3. The molecule has 0 radical (unpaired) electrons. The number of nitrogens with one attached hydrogen (secondary N) is 1. The quantitative estimate of drug-likeness (QED) is 0.782. The number of rotatable bonds is 2. The van der Waals surface area contributed by atoms with Gasteiger partial charge in [-0.2, -0.15) is 5.26 Å². The zero-order valence-corrected chi connectivity index (χ0v) is 11.4. The highest BCUT2D eigenvalue weighted by molar-refractivity contribution is 6.03. The maximum absolute atomic E-state index is 12.2. The van der Waals surface area contributed by atoms with Crippen molar-refractivity contribution in [3.63, 3.8) is 0 Å². The average molecular weight is 276 g/mol. The first kappa shape index (κ1) is 12.9. The molecule has 21 heavy (non-hydrogen) atoms. The molecule has 0 fully saturated rings. The summed E-state index contributed by atoms with van der Waals surface area (Å²) >= 11 is 0. The SMILES string of the molecule is Cc1cccc2nc(C(=O)Nc3cccc(C#N)c3)cn12. The molecule has 0 spiro atoms. The van der Waals surface area contributed by atoms with Gasteiger partial charge in [-0.25, -0.2) is 4.98 Å². The van der Waals surface area contributed by atoms with E-state index >= 15 is 0 Å². The average Bonchev–Trinajstić information content (AvgIpc) is 2.93. The number of aromatic nitrogens is 2. The Morgan fingerprint density at radius 2 is 2.10 bits per heavy atom. The van der Waals surface area contributed by atoms with Crippen LogP contribution < -0.4 is 5.32 Å². The highest BCUT2D eigenvalue weighted by Crippen LogP contribution is 2.13. The molecule has 0 saturated carbocycles. The van der Waals surface area contributed by atoms with Crippen molar-refractivity contribution in [3.05, 3.63) is 65.6 Å². The van der Waals surface area contributed by atoms with Crippen LogP contribution in [0.2, 0.25) is 0 Å². The number of benzene rings is 1. The fraction of sp³-hybridized carbons (Fsp3) is 0.0625. The van der Waals surface area contributed by atoms with Crippen LogP contribution in [0.3, 0.4) is 0 Å². The molecule has 3 rings (SSSR count). The third-order valence-electron chi connectivity index (χ3n) is 3.18. The zero-order valence-electron chi connectivity index (χ0n) is 11.4. The van der Waals surface area contributed by atoms with Crippen molar-refractivity contribution in [2.75, 3.05) is 5.32 Å². The first-order valence-electron chi connectivity index (χ1n) is 6.43. The van der Waals surface area contributed by atoms with E-state index in [1.807, 2.05) is 35.6 Å². The van der Waals surface area contributed by atoms with Crippen LogP contribution >= 0.6 is 0 Å². The summed E-state index contributed by atoms with van der Waals surface area (Å²) in [6, 6.07) is 14.5. The third-order valence-corrected chi connectivity index (χ3v) is 3.18. The van der Waals surface area contributed by atoms with E-state index in [9.17, 15) is 4.79 Å². The van der Waals surface area contributed by atoms with Gasteiger partial charge in [-0.1, -0.05) is 12.1 Å². The minimum atomic E-state index is -0.298. The molecule has 0 unspecified atom stereocenters. The number of nitrogens with zero attached hydrogens (tertiary/aromatic N) is 3. The molecule has 5 nitrogen and oxygen atoms in total. The van der Waals surface area contributed by atoms with Crippen LogP contribution in [0.5, 0.6) is 0 Å². The molecule has 3 aromatic rings. The van der Waals surface area contributed by atoms with Gasteiger partial charge in [0.15, 0.2) is 0 Å². The summed E-state index contributed by atoms with van der Waals surface area (Å²) in [5, 5.41) is 11.6. The van der Waals surface area contributed by atoms with Crippen LogP contribution in [0.15, 0.2) is 48.7 Å². The standard InChI is InChI=1S/C16H12N4O/c1-11-4-2-7-15-19-14(10-20(11)15)16(21)18-13-6-3-5-12(8-13)9-17/h2-8,10H,1H3,(H,18,21). The Hall–Kier alpha value is -3.13. The van der Waals surface area contributed by atoms with Gasteiger partial charge in [0, 0.05) is 17.6 Å². The molecule has 0 aliphatic carbocycles. The van der Waals surface area contributed by atoms with Gasteiger partial charge < -0.3 is 9.72 Å². The van der Waals surface area contributed by atoms with E-state index < -0.39 is 0 Å². The number of carbonyl (C=O) groups is 1. The second-order valence-corrected chi connectivity index (χ2v) is 4.67. The van der Waals surface area contributed by atoms with Crippen LogP contribution in [0.25, 0.3) is 5.65 Å². The van der Waals surface area contributed by atoms with E-state index in [-0.39, 0.29) is 5.91 Å². The van der Waals surface area contributed by atoms with Gasteiger partial charge in [0.1, 0.15) is 11.3 Å². The van der Waals surface area contributed by atoms with Gasteiger partial charge in [0.25, 0.3) is 5.91 Å². The molecule has 1 N–H and O–H groups in total. The number of anilines is 1. The molecule has 0 aliphatic rings. The molecule has 0 saturated heterocycles. The molecule has 2 heterocycles. The lowest BCUT2D eigenvalue weighted by atomic mass is 10.2. The summed E-state index contributed by atoms with van der Waals surface area (Å²) in [7, 11) is 0. The van der Waals surface area contributed by atoms with E-state index in [0.29, 0.717) is 16.9 Å². The maximum atomic E-state index is 12.2. The van der Waals surface area contributed by atoms with Crippen molar-refractivity contribution in [3.8, 4) is 6.07 Å². The fourth-order valence-corrected chi connectivity index (χ4v) is 2.12. The van der Waals surface area contributed by atoms with Gasteiger partial charge in [-0.15, -0.1) is 0 Å². The number of nitriles is 1. The second kappa shape index (κ2) is 5.10. The Morgan fingerprint density at radius 1 is 1.29 bits per heavy atom. The molecule has 0 bridgehead atoms. The van der Waals surface area contributed by atoms with Crippen LogP contribution in [-0.4, -0.2) is 15.3 Å². The number of fused-ring (bicyclic) bond motifs is 1. The van der Waals surface area contributed by atoms with E-state index in [1.165, 1.54) is 0 Å². The lowest BCUT2D eigenvalue weighted by molar-refractivity contribution is 0.102. The van der Waals surface area contributed by atoms with Gasteiger partial charge in [0.2, 0.25) is 0 Å². The summed E-state index contributed by atoms with van der Waals surface area (Å²) < 4.78 is 1.86. The van der Waals surface area contributed by atoms with E-state index in [2.05, 4.69) is 10.3 Å². The van der Waals surface area contributed by atoms with Crippen molar-refractivity contribution < 1.29 is 4.79 Å². The third kappa shape index (κ3) is 2.47. The molecular weight excluding hydrogens is 264 g/mol. The highest BCUT2D eigenvalue weighted by Gasteiger charge is 2.11. The molecule has 2 aromatic heterocycles. The predicted octanol–water partition coefficient (Wildman–Crippen LogP) is 2.77. The van der Waals surface area contributed by atoms with Gasteiger partial charge in [-0.3, -0.25) is 4.79 Å². The first-order valence-corrected chi connectivity index (χ1v) is 6.43. The first-order chi connectivity index (χ1) is 10.2. The van der Waals surface area contributed by atoms with E-state index in [0.717, 1.165) is 11.3 Å². The number of amides is 1. The van der Waals surface area contributed by atoms with Gasteiger partial charge in [-0.05, 0) is 37.3 Å². The number of hydrogen-bond donors (Lipinski definition) is 1. The minimum Gasteiger partial charge on any atom is -0.321 e. The van der Waals surface area contributed by atoms with Crippen LogP contribution in [0, 0.1) is 18.3 Å². The van der Waals surface area contributed by atoms with E-state index in [4.69, 9.17) is 5.26 Å². The largest absolute Gasteiger partial charge is 0.321 e. The number of hydrogen-bond acceptors (Lipinski definition) is 3. The van der Waals surface area contributed by atoms with Gasteiger partial charge >= 0.3 is 0 Å². The lowest BCUT2D eigenvalue weighted by Crippen LogP contribution is -2.12. The predicted molar refractivity (Wildman–Crippen MR) is 79.0 cm³/mol. The van der Waals surface area contributed by atoms with Crippen molar-refractivity contribution in [2.24, 2.45) is 0 Å². The van der Waals surface area contributed by atoms with E-state index in [1.54, 1.807) is 30.5 Å². The van der Waals surface area contributed by atoms with Crippen LogP contribution in [0.4, 0.5) is 5.69 Å². The van der Waals surface area contributed by atoms with Gasteiger partial charge in [0.05, 0.1) is 11.6 Å². The number of imidazole rings is 1. The summed E-state index contributed by atoms with van der Waals surface area (Å²) in [5.41, 5.74) is 3.15. The highest BCUT2D eigenvalue weighted by atomic mass is 16.1. The maximum Gasteiger partial charge on any atom is 0.275 e. The summed E-state index contributed by atoms with van der Waals surface area (Å²) in [6.07, 6.45) is 1.70. The van der Waals surface area contributed by atoms with Crippen LogP contribution in [-0.2, 0) is 0 Å². The van der Waals surface area contributed by atoms with Crippen molar-refractivity contribution in [2.45, 2.75) is 6.92 Å². The molecule has 1 amide bonds. The van der Waals surface area contributed by atoms with Crippen molar-refractivity contribution in [1.82, 2.24) is 9.38 Å². The van der Waals surface area contributed by atoms with Crippen LogP contribution in [0.1, 0.15) is 21.7 Å². The summed E-state index contributed by atoms with van der Waals surface area (Å²) in [5.74, 6) is -0.298. The molecule has 1 aromatic carbocycles. The Morgan fingerprint density at radius 3 is 2.86 bits per heavy atom. The Kier molecular flexibility index (Phi) is 3.13. The number of aryl methyl sites for hydroxylation is 1. The topological polar surface area (TPSA) is 70.2 Å². The molecule has 102 valence electrons. The minimum absolute atomic E-state index is 0.298. The summed E-state index contributed by atoms with van der Waals surface area (Å²) in [6.45, 7) is 1.95. The Labute approximate surface area is 121 Å². The summed E-state index contributed by atoms with van der Waals surface area (Å²) in [4.78, 5) is 16.5. The molecule has 0 atom stereocenters. The van der Waals surface area contributed by atoms with Crippen molar-refractivity contribution in [1.29, 1.82) is 5.26 Å². The second-order valence-electron chi connectivity index (χ2n) is 4.67. The zero-order chi connectivity index (χ0) is 14.8. The Balaban J connectivity index is 1.90.